The van der Waals surface area contributed by atoms with Crippen LogP contribution in [0.1, 0.15) is 29.5 Å². The van der Waals surface area contributed by atoms with Crippen molar-refractivity contribution in [1.82, 2.24) is 4.98 Å². The quantitative estimate of drug-likeness (QED) is 0.923. The molecule has 3 rings (SSSR count). The van der Waals surface area contributed by atoms with Crippen molar-refractivity contribution >= 4 is 15.9 Å². The number of aryl methyl sites for hydroxylation is 1. The van der Waals surface area contributed by atoms with Gasteiger partial charge in [-0.3, -0.25) is 4.98 Å². The van der Waals surface area contributed by atoms with Crippen molar-refractivity contribution < 1.29 is 4.74 Å². The van der Waals surface area contributed by atoms with Crippen molar-refractivity contribution in [3.63, 3.8) is 0 Å². The third kappa shape index (κ3) is 2.97. The van der Waals surface area contributed by atoms with E-state index in [4.69, 9.17) is 10.5 Å². The van der Waals surface area contributed by atoms with Gasteiger partial charge in [0.25, 0.3) is 0 Å². The molecule has 2 aromatic rings. The molecule has 0 amide bonds. The second-order valence-corrected chi connectivity index (χ2v) is 6.64. The highest BCUT2D eigenvalue weighted by atomic mass is 79.9. The van der Waals surface area contributed by atoms with Crippen LogP contribution in [0.2, 0.25) is 0 Å². The molecule has 110 valence electrons. The van der Waals surface area contributed by atoms with Crippen LogP contribution in [-0.2, 0) is 18.4 Å². The molecule has 0 fully saturated rings. The van der Waals surface area contributed by atoms with Gasteiger partial charge in [0.15, 0.2) is 0 Å². The molecule has 21 heavy (non-hydrogen) atoms. The van der Waals surface area contributed by atoms with Crippen LogP contribution in [0.15, 0.2) is 41.1 Å². The predicted molar refractivity (Wildman–Crippen MR) is 87.4 cm³/mol. The molecular weight excluding hydrogens is 328 g/mol. The number of rotatable bonds is 3. The average molecular weight is 347 g/mol. The summed E-state index contributed by atoms with van der Waals surface area (Å²) < 4.78 is 6.36. The SMILES string of the molecule is COc1ccc2c(c1)C(N)(Cc1cncc(Br)c1)CCC2. The molecule has 4 heteroatoms. The van der Waals surface area contributed by atoms with Crippen molar-refractivity contribution in [3.8, 4) is 5.75 Å². The maximum Gasteiger partial charge on any atom is 0.119 e. The molecule has 1 heterocycles. The minimum atomic E-state index is -0.343. The van der Waals surface area contributed by atoms with Gasteiger partial charge in [-0.25, -0.2) is 0 Å². The number of pyridine rings is 1. The fraction of sp³-hybridized carbons (Fsp3) is 0.353. The summed E-state index contributed by atoms with van der Waals surface area (Å²) in [5.41, 5.74) is 10.1. The molecule has 3 nitrogen and oxygen atoms in total. The summed E-state index contributed by atoms with van der Waals surface area (Å²) in [6.07, 6.45) is 7.68. The second-order valence-electron chi connectivity index (χ2n) is 5.72. The molecule has 1 atom stereocenters. The van der Waals surface area contributed by atoms with Gasteiger partial charge >= 0.3 is 0 Å². The van der Waals surface area contributed by atoms with Crippen LogP contribution < -0.4 is 10.5 Å². The number of ether oxygens (including phenoxy) is 1. The Kier molecular flexibility index (Phi) is 4.00. The largest absolute Gasteiger partial charge is 0.497 e. The Labute approximate surface area is 133 Å². The Bertz CT molecular complexity index is 659. The number of nitrogens with two attached hydrogens (primary N) is 1. The zero-order chi connectivity index (χ0) is 14.9. The van der Waals surface area contributed by atoms with Crippen LogP contribution in [0.5, 0.6) is 5.75 Å². The van der Waals surface area contributed by atoms with Crippen molar-refractivity contribution in [2.24, 2.45) is 5.73 Å². The van der Waals surface area contributed by atoms with Gasteiger partial charge in [-0.1, -0.05) is 6.07 Å². The molecule has 0 bridgehead atoms. The average Bonchev–Trinajstić information content (AvgIpc) is 2.47. The smallest absolute Gasteiger partial charge is 0.119 e. The van der Waals surface area contributed by atoms with Gasteiger partial charge in [-0.05, 0) is 76.5 Å². The lowest BCUT2D eigenvalue weighted by molar-refractivity contribution is 0.363. The van der Waals surface area contributed by atoms with Gasteiger partial charge in [0.2, 0.25) is 0 Å². The van der Waals surface area contributed by atoms with Crippen molar-refractivity contribution in [1.29, 1.82) is 0 Å². The molecule has 1 aromatic heterocycles. The van der Waals surface area contributed by atoms with E-state index in [1.54, 1.807) is 13.3 Å². The minimum Gasteiger partial charge on any atom is -0.497 e. The molecule has 0 saturated carbocycles. The normalized spacial score (nSPS) is 20.9. The third-order valence-electron chi connectivity index (χ3n) is 4.20. The third-order valence-corrected chi connectivity index (χ3v) is 4.64. The maximum absolute atomic E-state index is 6.78. The highest BCUT2D eigenvalue weighted by molar-refractivity contribution is 9.10. The number of benzene rings is 1. The summed E-state index contributed by atoms with van der Waals surface area (Å²) >= 11 is 3.48. The lowest BCUT2D eigenvalue weighted by atomic mass is 9.74. The summed E-state index contributed by atoms with van der Waals surface area (Å²) in [5, 5.41) is 0. The highest BCUT2D eigenvalue weighted by Gasteiger charge is 2.33. The van der Waals surface area contributed by atoms with Gasteiger partial charge in [0.05, 0.1) is 7.11 Å². The van der Waals surface area contributed by atoms with E-state index in [1.165, 1.54) is 11.1 Å². The molecule has 0 radical (unpaired) electrons. The van der Waals surface area contributed by atoms with Crippen LogP contribution in [0.4, 0.5) is 0 Å². The van der Waals surface area contributed by atoms with E-state index in [0.717, 1.165) is 41.5 Å². The van der Waals surface area contributed by atoms with E-state index >= 15 is 0 Å². The highest BCUT2D eigenvalue weighted by Crippen LogP contribution is 2.37. The minimum absolute atomic E-state index is 0.343. The monoisotopic (exact) mass is 346 g/mol. The standard InChI is InChI=1S/C17H19BrN2O/c1-21-15-5-4-13-3-2-6-17(19,16(13)8-15)9-12-7-14(18)11-20-10-12/h4-5,7-8,10-11H,2-3,6,9,19H2,1H3. The summed E-state index contributed by atoms with van der Waals surface area (Å²) in [6.45, 7) is 0. The molecule has 1 aliphatic carbocycles. The predicted octanol–water partition coefficient (Wildman–Crippen LogP) is 3.59. The summed E-state index contributed by atoms with van der Waals surface area (Å²) in [7, 11) is 1.70. The van der Waals surface area contributed by atoms with E-state index in [-0.39, 0.29) is 5.54 Å². The van der Waals surface area contributed by atoms with E-state index in [9.17, 15) is 0 Å². The number of fused-ring (bicyclic) bond motifs is 1. The number of hydrogen-bond donors (Lipinski definition) is 1. The lowest BCUT2D eigenvalue weighted by Gasteiger charge is -2.36. The van der Waals surface area contributed by atoms with Gasteiger partial charge in [0.1, 0.15) is 5.75 Å². The zero-order valence-corrected chi connectivity index (χ0v) is 13.7. The van der Waals surface area contributed by atoms with Crippen LogP contribution >= 0.6 is 15.9 Å². The van der Waals surface area contributed by atoms with E-state index in [2.05, 4.69) is 39.1 Å². The summed E-state index contributed by atoms with van der Waals surface area (Å²) in [6, 6.07) is 8.36. The molecule has 0 saturated heterocycles. The van der Waals surface area contributed by atoms with Crippen LogP contribution in [0.3, 0.4) is 0 Å². The Balaban J connectivity index is 1.98. The van der Waals surface area contributed by atoms with Gasteiger partial charge in [-0.15, -0.1) is 0 Å². The van der Waals surface area contributed by atoms with Crippen LogP contribution in [0, 0.1) is 0 Å². The van der Waals surface area contributed by atoms with Crippen LogP contribution in [0.25, 0.3) is 0 Å². The van der Waals surface area contributed by atoms with E-state index < -0.39 is 0 Å². The molecule has 1 unspecified atom stereocenters. The van der Waals surface area contributed by atoms with E-state index in [0.29, 0.717) is 0 Å². The molecule has 1 aliphatic rings. The van der Waals surface area contributed by atoms with Gasteiger partial charge in [-0.2, -0.15) is 0 Å². The number of hydrogen-bond acceptors (Lipinski definition) is 3. The molecule has 0 aliphatic heterocycles. The second kappa shape index (κ2) is 5.78. The zero-order valence-electron chi connectivity index (χ0n) is 12.1. The Morgan fingerprint density at radius 3 is 2.95 bits per heavy atom. The fourth-order valence-electron chi connectivity index (χ4n) is 3.19. The first kappa shape index (κ1) is 14.5. The molecular formula is C17H19BrN2O. The Morgan fingerprint density at radius 2 is 2.19 bits per heavy atom. The number of halogens is 1. The van der Waals surface area contributed by atoms with Crippen molar-refractivity contribution in [2.75, 3.05) is 7.11 Å². The fourth-order valence-corrected chi connectivity index (χ4v) is 3.61. The first-order valence-electron chi connectivity index (χ1n) is 7.16. The van der Waals surface area contributed by atoms with Gasteiger partial charge in [0, 0.05) is 22.4 Å². The molecule has 0 spiro atoms. The first-order chi connectivity index (χ1) is 10.1. The van der Waals surface area contributed by atoms with Crippen LogP contribution in [-0.4, -0.2) is 12.1 Å². The van der Waals surface area contributed by atoms with Crippen molar-refractivity contribution in [2.45, 2.75) is 31.2 Å². The molecule has 1 aromatic carbocycles. The van der Waals surface area contributed by atoms with Gasteiger partial charge < -0.3 is 10.5 Å². The van der Waals surface area contributed by atoms with E-state index in [1.807, 2.05) is 12.3 Å². The number of methoxy groups -OCH3 is 1. The number of nitrogens with zero attached hydrogens (tertiary/aromatic N) is 1. The van der Waals surface area contributed by atoms with Crippen molar-refractivity contribution in [3.05, 3.63) is 57.8 Å². The molecule has 2 N–H and O–H groups in total. The number of aromatic nitrogens is 1. The Morgan fingerprint density at radius 1 is 1.33 bits per heavy atom. The summed E-state index contributed by atoms with van der Waals surface area (Å²) in [4.78, 5) is 4.24. The summed E-state index contributed by atoms with van der Waals surface area (Å²) in [5.74, 6) is 0.873. The maximum atomic E-state index is 6.78. The topological polar surface area (TPSA) is 48.1 Å². The first-order valence-corrected chi connectivity index (χ1v) is 7.96. The Hall–Kier alpha value is -1.39. The lowest BCUT2D eigenvalue weighted by Crippen LogP contribution is -2.42.